The Morgan fingerprint density at radius 1 is 1.89 bits per heavy atom. The van der Waals surface area contributed by atoms with Crippen LogP contribution in [0.5, 0.6) is 0 Å². The second-order valence-electron chi connectivity index (χ2n) is 1.47. The summed E-state index contributed by atoms with van der Waals surface area (Å²) in [4.78, 5) is 9.85. The Morgan fingerprint density at radius 2 is 2.67 bits per heavy atom. The number of nitrogens with one attached hydrogen (secondary N) is 1. The molecule has 1 heterocycles. The SMILES string of the molecule is NC1SC=CN1NC=O. The van der Waals surface area contributed by atoms with Gasteiger partial charge in [0.15, 0.2) is 0 Å². The monoisotopic (exact) mass is 145 g/mol. The molecule has 1 amide bonds. The van der Waals surface area contributed by atoms with Gasteiger partial charge in [0, 0.05) is 6.20 Å². The van der Waals surface area contributed by atoms with Gasteiger partial charge >= 0.3 is 0 Å². The minimum Gasteiger partial charge on any atom is -0.301 e. The quantitative estimate of drug-likeness (QED) is 0.510. The summed E-state index contributed by atoms with van der Waals surface area (Å²) >= 11 is 1.45. The molecule has 1 aliphatic rings. The maximum atomic E-state index is 9.85. The van der Waals surface area contributed by atoms with Gasteiger partial charge < -0.3 is 5.73 Å². The lowest BCUT2D eigenvalue weighted by molar-refractivity contribution is -0.112. The summed E-state index contributed by atoms with van der Waals surface area (Å²) in [5.41, 5.74) is 7.71. The smallest absolute Gasteiger partial charge is 0.225 e. The molecule has 50 valence electrons. The molecule has 0 spiro atoms. The van der Waals surface area contributed by atoms with Crippen LogP contribution in [0.2, 0.25) is 0 Å². The highest BCUT2D eigenvalue weighted by atomic mass is 32.2. The molecular weight excluding hydrogens is 138 g/mol. The number of hydrogen-bond donors (Lipinski definition) is 2. The normalized spacial score (nSPS) is 24.6. The molecule has 9 heavy (non-hydrogen) atoms. The second-order valence-corrected chi connectivity index (χ2v) is 2.49. The predicted octanol–water partition coefficient (Wildman–Crippen LogP) is -0.590. The van der Waals surface area contributed by atoms with Gasteiger partial charge in [-0.15, -0.1) is 0 Å². The van der Waals surface area contributed by atoms with Crippen molar-refractivity contribution in [1.29, 1.82) is 0 Å². The van der Waals surface area contributed by atoms with Gasteiger partial charge in [-0.25, -0.2) is 0 Å². The fourth-order valence-electron chi connectivity index (χ4n) is 0.509. The molecule has 0 fully saturated rings. The van der Waals surface area contributed by atoms with Crippen LogP contribution >= 0.6 is 11.8 Å². The van der Waals surface area contributed by atoms with Crippen molar-refractivity contribution in [1.82, 2.24) is 10.4 Å². The Hall–Kier alpha value is -0.680. The van der Waals surface area contributed by atoms with E-state index in [1.165, 1.54) is 16.8 Å². The Bertz CT molecular complexity index is 138. The van der Waals surface area contributed by atoms with Crippen LogP contribution in [-0.4, -0.2) is 16.9 Å². The topological polar surface area (TPSA) is 58.4 Å². The lowest BCUT2D eigenvalue weighted by atomic mass is 10.9. The van der Waals surface area contributed by atoms with Gasteiger partial charge in [-0.3, -0.25) is 15.2 Å². The van der Waals surface area contributed by atoms with Gasteiger partial charge in [0.1, 0.15) is 5.50 Å². The van der Waals surface area contributed by atoms with E-state index in [9.17, 15) is 4.79 Å². The number of nitrogens with two attached hydrogens (primary N) is 1. The number of amides is 1. The molecule has 0 aromatic rings. The molecule has 1 unspecified atom stereocenters. The maximum absolute atomic E-state index is 9.85. The van der Waals surface area contributed by atoms with Crippen molar-refractivity contribution in [3.8, 4) is 0 Å². The highest BCUT2D eigenvalue weighted by Crippen LogP contribution is 2.17. The van der Waals surface area contributed by atoms with Crippen molar-refractivity contribution in [2.75, 3.05) is 0 Å². The number of carbonyl (C=O) groups excluding carboxylic acids is 1. The summed E-state index contributed by atoms with van der Waals surface area (Å²) in [6.45, 7) is 0. The largest absolute Gasteiger partial charge is 0.301 e. The Kier molecular flexibility index (Phi) is 1.96. The molecule has 1 aliphatic heterocycles. The van der Waals surface area contributed by atoms with E-state index in [4.69, 9.17) is 5.73 Å². The summed E-state index contributed by atoms with van der Waals surface area (Å²) in [5, 5.41) is 3.35. The molecule has 3 N–H and O–H groups in total. The van der Waals surface area contributed by atoms with Crippen molar-refractivity contribution >= 4 is 18.2 Å². The minimum absolute atomic E-state index is 0.171. The van der Waals surface area contributed by atoms with Gasteiger partial charge in [0.05, 0.1) is 0 Å². The molecule has 0 aliphatic carbocycles. The van der Waals surface area contributed by atoms with E-state index in [0.29, 0.717) is 6.41 Å². The summed E-state index contributed by atoms with van der Waals surface area (Å²) in [6, 6.07) is 0. The summed E-state index contributed by atoms with van der Waals surface area (Å²) < 4.78 is 0. The molecule has 0 aromatic heterocycles. The molecule has 0 aromatic carbocycles. The first kappa shape index (κ1) is 6.44. The number of rotatable bonds is 2. The maximum Gasteiger partial charge on any atom is 0.225 e. The van der Waals surface area contributed by atoms with E-state index in [0.717, 1.165) is 0 Å². The van der Waals surface area contributed by atoms with E-state index in [2.05, 4.69) is 5.43 Å². The fraction of sp³-hybridized carbons (Fsp3) is 0.250. The van der Waals surface area contributed by atoms with Crippen LogP contribution in [0.15, 0.2) is 11.6 Å². The summed E-state index contributed by atoms with van der Waals surface area (Å²) in [5.74, 6) is 0. The van der Waals surface area contributed by atoms with Crippen molar-refractivity contribution in [3.05, 3.63) is 11.6 Å². The van der Waals surface area contributed by atoms with E-state index in [-0.39, 0.29) is 5.50 Å². The average Bonchev–Trinajstić information content (AvgIpc) is 2.18. The first-order valence-corrected chi connectivity index (χ1v) is 3.35. The van der Waals surface area contributed by atoms with E-state index >= 15 is 0 Å². The second kappa shape index (κ2) is 2.75. The standard InChI is InChI=1S/C4H7N3OS/c5-4-7(6-3-8)1-2-9-4/h1-4H,5H2,(H,6,8). The van der Waals surface area contributed by atoms with Crippen molar-refractivity contribution in [2.24, 2.45) is 5.73 Å². The first-order chi connectivity index (χ1) is 4.34. The summed E-state index contributed by atoms with van der Waals surface area (Å²) in [6.07, 6.45) is 2.31. The predicted molar refractivity (Wildman–Crippen MR) is 35.7 cm³/mol. The molecule has 0 saturated carbocycles. The van der Waals surface area contributed by atoms with Crippen LogP contribution in [0, 0.1) is 0 Å². The minimum atomic E-state index is -0.171. The molecule has 1 rings (SSSR count). The zero-order chi connectivity index (χ0) is 6.69. The van der Waals surface area contributed by atoms with Gasteiger partial charge in [-0.05, 0) is 5.41 Å². The molecule has 5 heteroatoms. The Labute approximate surface area is 57.0 Å². The van der Waals surface area contributed by atoms with Crippen LogP contribution in [0.3, 0.4) is 0 Å². The van der Waals surface area contributed by atoms with Gasteiger partial charge in [0.2, 0.25) is 6.41 Å². The first-order valence-electron chi connectivity index (χ1n) is 2.40. The number of thioether (sulfide) groups is 1. The average molecular weight is 145 g/mol. The molecule has 4 nitrogen and oxygen atoms in total. The molecular formula is C4H7N3OS. The fourth-order valence-corrected chi connectivity index (χ4v) is 1.13. The molecule has 1 atom stereocenters. The zero-order valence-corrected chi connectivity index (χ0v) is 5.47. The van der Waals surface area contributed by atoms with E-state index in [1.54, 1.807) is 6.20 Å². The molecule has 0 bridgehead atoms. The van der Waals surface area contributed by atoms with Crippen LogP contribution < -0.4 is 11.2 Å². The zero-order valence-electron chi connectivity index (χ0n) is 4.65. The van der Waals surface area contributed by atoms with Crippen molar-refractivity contribution < 1.29 is 4.79 Å². The third-order valence-corrected chi connectivity index (χ3v) is 1.70. The van der Waals surface area contributed by atoms with Crippen LogP contribution in [0.4, 0.5) is 0 Å². The number of hydrazine groups is 1. The van der Waals surface area contributed by atoms with E-state index < -0.39 is 0 Å². The highest BCUT2D eigenvalue weighted by molar-refractivity contribution is 8.02. The third-order valence-electron chi connectivity index (χ3n) is 0.915. The van der Waals surface area contributed by atoms with Crippen LogP contribution in [-0.2, 0) is 4.79 Å². The van der Waals surface area contributed by atoms with Gasteiger partial charge in [-0.2, -0.15) is 0 Å². The van der Waals surface area contributed by atoms with Gasteiger partial charge in [-0.1, -0.05) is 11.8 Å². The Morgan fingerprint density at radius 3 is 3.11 bits per heavy atom. The summed E-state index contributed by atoms with van der Waals surface area (Å²) in [7, 11) is 0. The third kappa shape index (κ3) is 1.36. The molecule has 0 radical (unpaired) electrons. The van der Waals surface area contributed by atoms with E-state index in [1.807, 2.05) is 5.41 Å². The number of hydrogen-bond acceptors (Lipinski definition) is 4. The molecule has 0 saturated heterocycles. The van der Waals surface area contributed by atoms with Gasteiger partial charge in [0.25, 0.3) is 0 Å². The number of carbonyl (C=O) groups is 1. The number of nitrogens with zero attached hydrogens (tertiary/aromatic N) is 1. The van der Waals surface area contributed by atoms with Crippen molar-refractivity contribution in [2.45, 2.75) is 5.50 Å². The van der Waals surface area contributed by atoms with Crippen molar-refractivity contribution in [3.63, 3.8) is 0 Å². The van der Waals surface area contributed by atoms with Crippen LogP contribution in [0.25, 0.3) is 0 Å². The highest BCUT2D eigenvalue weighted by Gasteiger charge is 2.12. The lowest BCUT2D eigenvalue weighted by Crippen LogP contribution is -2.41. The lowest BCUT2D eigenvalue weighted by Gasteiger charge is -2.18. The Balaban J connectivity index is 2.39. The van der Waals surface area contributed by atoms with Crippen LogP contribution in [0.1, 0.15) is 0 Å².